The summed E-state index contributed by atoms with van der Waals surface area (Å²) in [4.78, 5) is 4.71. The lowest BCUT2D eigenvalue weighted by molar-refractivity contribution is 0.581. The van der Waals surface area contributed by atoms with Crippen molar-refractivity contribution in [1.29, 1.82) is 0 Å². The minimum absolute atomic E-state index is 0.176. The van der Waals surface area contributed by atoms with Gasteiger partial charge in [-0.1, -0.05) is 78.4 Å². The average molecular weight is 375 g/mol. The molecule has 0 saturated carbocycles. The van der Waals surface area contributed by atoms with Gasteiger partial charge >= 0.3 is 0 Å². The molecule has 1 aromatic heterocycles. The maximum absolute atomic E-state index is 13.2. The summed E-state index contributed by atoms with van der Waals surface area (Å²) >= 11 is 0. The molecule has 0 fully saturated rings. The summed E-state index contributed by atoms with van der Waals surface area (Å²) < 4.78 is 27.5. The molecule has 0 aliphatic rings. The van der Waals surface area contributed by atoms with Crippen LogP contribution in [0, 0.1) is 6.92 Å². The van der Waals surface area contributed by atoms with Crippen molar-refractivity contribution in [2.75, 3.05) is 0 Å². The lowest BCUT2D eigenvalue weighted by Gasteiger charge is -2.07. The Morgan fingerprint density at radius 1 is 0.741 bits per heavy atom. The van der Waals surface area contributed by atoms with Crippen LogP contribution in [0.15, 0.2) is 89.8 Å². The van der Waals surface area contributed by atoms with Crippen molar-refractivity contribution in [3.63, 3.8) is 0 Å². The second-order valence-corrected chi connectivity index (χ2v) is 7.92. The maximum atomic E-state index is 13.2. The van der Waals surface area contributed by atoms with Gasteiger partial charge in [-0.05, 0) is 19.1 Å². The molecule has 0 unspecified atom stereocenters. The van der Waals surface area contributed by atoms with Crippen LogP contribution in [-0.4, -0.2) is 22.6 Å². The van der Waals surface area contributed by atoms with E-state index in [1.165, 1.54) is 0 Å². The second kappa shape index (κ2) is 6.81. The summed E-state index contributed by atoms with van der Waals surface area (Å²) in [5, 5.41) is 4.34. The highest BCUT2D eigenvalue weighted by Crippen LogP contribution is 2.26. The van der Waals surface area contributed by atoms with Gasteiger partial charge in [0, 0.05) is 11.1 Å². The fourth-order valence-corrected chi connectivity index (χ4v) is 3.99. The molecule has 0 aliphatic heterocycles. The summed E-state index contributed by atoms with van der Waals surface area (Å²) in [7, 11) is -3.88. The van der Waals surface area contributed by atoms with Crippen LogP contribution in [0.25, 0.3) is 22.8 Å². The van der Waals surface area contributed by atoms with Crippen molar-refractivity contribution in [2.45, 2.75) is 11.8 Å². The molecule has 134 valence electrons. The van der Waals surface area contributed by atoms with E-state index in [0.29, 0.717) is 11.4 Å². The van der Waals surface area contributed by atoms with Gasteiger partial charge in [0.25, 0.3) is 10.0 Å². The monoisotopic (exact) mass is 375 g/mol. The van der Waals surface area contributed by atoms with Crippen molar-refractivity contribution in [3.05, 3.63) is 90.5 Å². The van der Waals surface area contributed by atoms with Gasteiger partial charge in [0.05, 0.1) is 4.90 Å². The number of benzene rings is 3. The molecular formula is C21H17N3O2S. The Labute approximate surface area is 158 Å². The molecule has 0 saturated heterocycles. The minimum Gasteiger partial charge on any atom is -0.206 e. The fraction of sp³-hybridized carbons (Fsp3) is 0.0476. The highest BCUT2D eigenvalue weighted by atomic mass is 32.2. The highest BCUT2D eigenvalue weighted by Gasteiger charge is 2.25. The van der Waals surface area contributed by atoms with E-state index < -0.39 is 10.0 Å². The van der Waals surface area contributed by atoms with Crippen LogP contribution in [0.3, 0.4) is 0 Å². The summed E-state index contributed by atoms with van der Waals surface area (Å²) in [6.07, 6.45) is 0. The number of hydrogen-bond donors (Lipinski definition) is 0. The third-order valence-corrected chi connectivity index (χ3v) is 5.77. The van der Waals surface area contributed by atoms with Crippen molar-refractivity contribution in [1.82, 2.24) is 14.2 Å². The Morgan fingerprint density at radius 3 is 1.89 bits per heavy atom. The second-order valence-electron chi connectivity index (χ2n) is 6.15. The molecule has 27 heavy (non-hydrogen) atoms. The molecule has 0 atom stereocenters. The molecule has 6 heteroatoms. The standard InChI is InChI=1S/C21H17N3O2S/c1-16-12-14-19(15-13-16)27(25,26)24-21(18-10-6-3-7-11-18)22-20(23-24)17-8-4-2-5-9-17/h2-15H,1H3. The number of rotatable bonds is 4. The fourth-order valence-electron chi connectivity index (χ4n) is 2.75. The van der Waals surface area contributed by atoms with Crippen molar-refractivity contribution in [2.24, 2.45) is 0 Å². The molecule has 4 rings (SSSR count). The van der Waals surface area contributed by atoms with E-state index in [2.05, 4.69) is 10.1 Å². The van der Waals surface area contributed by atoms with Crippen LogP contribution in [-0.2, 0) is 10.0 Å². The smallest absolute Gasteiger partial charge is 0.206 e. The van der Waals surface area contributed by atoms with Crippen LogP contribution >= 0.6 is 0 Å². The van der Waals surface area contributed by atoms with Gasteiger partial charge in [-0.3, -0.25) is 0 Å². The first-order valence-corrected chi connectivity index (χ1v) is 9.90. The maximum Gasteiger partial charge on any atom is 0.285 e. The van der Waals surface area contributed by atoms with E-state index in [9.17, 15) is 8.42 Å². The lowest BCUT2D eigenvalue weighted by Crippen LogP contribution is -2.16. The number of aryl methyl sites for hydroxylation is 1. The van der Waals surface area contributed by atoms with E-state index in [0.717, 1.165) is 15.2 Å². The molecule has 3 aromatic carbocycles. The Kier molecular flexibility index (Phi) is 4.33. The molecule has 0 N–H and O–H groups in total. The Hall–Kier alpha value is -3.25. The molecule has 0 bridgehead atoms. The largest absolute Gasteiger partial charge is 0.285 e. The zero-order chi connectivity index (χ0) is 18.9. The van der Waals surface area contributed by atoms with E-state index in [1.807, 2.05) is 67.6 Å². The van der Waals surface area contributed by atoms with Gasteiger partial charge in [0.2, 0.25) is 0 Å². The van der Waals surface area contributed by atoms with E-state index in [4.69, 9.17) is 0 Å². The van der Waals surface area contributed by atoms with Gasteiger partial charge in [-0.2, -0.15) is 8.42 Å². The van der Waals surface area contributed by atoms with Crippen LogP contribution in [0.1, 0.15) is 5.56 Å². The Morgan fingerprint density at radius 2 is 1.30 bits per heavy atom. The summed E-state index contributed by atoms with van der Waals surface area (Å²) in [6, 6.07) is 25.2. The molecule has 0 amide bonds. The van der Waals surface area contributed by atoms with Crippen LogP contribution in [0.4, 0.5) is 0 Å². The quantitative estimate of drug-likeness (QED) is 0.537. The minimum atomic E-state index is -3.88. The molecule has 0 spiro atoms. The van der Waals surface area contributed by atoms with Gasteiger partial charge in [0.1, 0.15) is 0 Å². The first-order chi connectivity index (χ1) is 13.1. The Bertz CT molecular complexity index is 1170. The predicted molar refractivity (Wildman–Crippen MR) is 105 cm³/mol. The van der Waals surface area contributed by atoms with Crippen molar-refractivity contribution < 1.29 is 8.42 Å². The molecule has 0 aliphatic carbocycles. The van der Waals surface area contributed by atoms with Gasteiger partial charge in [-0.15, -0.1) is 9.19 Å². The molecule has 0 radical (unpaired) electrons. The van der Waals surface area contributed by atoms with Gasteiger partial charge in [0.15, 0.2) is 11.6 Å². The lowest BCUT2D eigenvalue weighted by atomic mass is 10.2. The molecule has 1 heterocycles. The average Bonchev–Trinajstić information content (AvgIpc) is 3.16. The first-order valence-electron chi connectivity index (χ1n) is 8.46. The zero-order valence-electron chi connectivity index (χ0n) is 14.6. The first kappa shape index (κ1) is 17.2. The molecule has 4 aromatic rings. The summed E-state index contributed by atoms with van der Waals surface area (Å²) in [6.45, 7) is 1.91. The summed E-state index contributed by atoms with van der Waals surface area (Å²) in [5.41, 5.74) is 2.43. The van der Waals surface area contributed by atoms with Crippen LogP contribution < -0.4 is 0 Å². The predicted octanol–water partition coefficient (Wildman–Crippen LogP) is 4.16. The number of hydrogen-bond acceptors (Lipinski definition) is 4. The number of aromatic nitrogens is 3. The van der Waals surface area contributed by atoms with E-state index >= 15 is 0 Å². The van der Waals surface area contributed by atoms with Gasteiger partial charge in [-0.25, -0.2) is 4.98 Å². The van der Waals surface area contributed by atoms with Crippen molar-refractivity contribution in [3.8, 4) is 22.8 Å². The topological polar surface area (TPSA) is 64.8 Å². The Balaban J connectivity index is 1.93. The van der Waals surface area contributed by atoms with E-state index in [1.54, 1.807) is 24.3 Å². The highest BCUT2D eigenvalue weighted by molar-refractivity contribution is 7.90. The van der Waals surface area contributed by atoms with Crippen LogP contribution in [0.2, 0.25) is 0 Å². The normalized spacial score (nSPS) is 11.4. The molecule has 5 nitrogen and oxygen atoms in total. The van der Waals surface area contributed by atoms with Crippen LogP contribution in [0.5, 0.6) is 0 Å². The SMILES string of the molecule is Cc1ccc(S(=O)(=O)n2nc(-c3ccccc3)nc2-c2ccccc2)cc1. The number of nitrogens with zero attached hydrogens (tertiary/aromatic N) is 3. The molecular weight excluding hydrogens is 358 g/mol. The third-order valence-electron chi connectivity index (χ3n) is 4.19. The van der Waals surface area contributed by atoms with Gasteiger partial charge < -0.3 is 0 Å². The van der Waals surface area contributed by atoms with E-state index in [-0.39, 0.29) is 10.7 Å². The third kappa shape index (κ3) is 3.27. The zero-order valence-corrected chi connectivity index (χ0v) is 15.5. The van der Waals surface area contributed by atoms with Crippen molar-refractivity contribution >= 4 is 10.0 Å². The summed E-state index contributed by atoms with van der Waals surface area (Å²) in [5.74, 6) is 0.653.